The second-order valence-corrected chi connectivity index (χ2v) is 3.56. The van der Waals surface area contributed by atoms with E-state index in [1.54, 1.807) is 0 Å². The Morgan fingerprint density at radius 1 is 1.06 bits per heavy atom. The van der Waals surface area contributed by atoms with Crippen LogP contribution in [0.2, 0.25) is 0 Å². The molecule has 5 N–H and O–H groups in total. The van der Waals surface area contributed by atoms with Crippen LogP contribution in [-0.4, -0.2) is 72.9 Å². The molecule has 8 nitrogen and oxygen atoms in total. The van der Waals surface area contributed by atoms with Crippen molar-refractivity contribution in [2.24, 2.45) is 0 Å². The van der Waals surface area contributed by atoms with E-state index in [2.05, 4.69) is 0 Å². The summed E-state index contributed by atoms with van der Waals surface area (Å²) in [5, 5.41) is 46.6. The van der Waals surface area contributed by atoms with Crippen LogP contribution in [0.3, 0.4) is 0 Å². The largest absolute Gasteiger partial charge is 0.387 e. The van der Waals surface area contributed by atoms with Crippen molar-refractivity contribution >= 4 is 11.8 Å². The predicted octanol–water partition coefficient (Wildman–Crippen LogP) is -3.86. The van der Waals surface area contributed by atoms with Gasteiger partial charge in [0.25, 0.3) is 5.91 Å². The minimum absolute atomic E-state index is 0.189. The normalized spacial score (nSPS) is 40.8. The van der Waals surface area contributed by atoms with Crippen LogP contribution in [0.5, 0.6) is 0 Å². The molecular weight excluding hydrogens is 222 g/mol. The van der Waals surface area contributed by atoms with Crippen molar-refractivity contribution in [2.75, 3.05) is 0 Å². The fourth-order valence-corrected chi connectivity index (χ4v) is 1.48. The van der Waals surface area contributed by atoms with Crippen molar-refractivity contribution in [2.45, 2.75) is 37.6 Å². The average molecular weight is 235 g/mol. The summed E-state index contributed by atoms with van der Waals surface area (Å²) in [6.45, 7) is 0.935. The van der Waals surface area contributed by atoms with Crippen LogP contribution in [0.1, 0.15) is 6.92 Å². The van der Waals surface area contributed by atoms with Crippen LogP contribution in [0, 0.1) is 0 Å². The maximum Gasteiger partial charge on any atom is 0.263 e. The first-order chi connectivity index (χ1) is 7.29. The monoisotopic (exact) mass is 235 g/mol. The van der Waals surface area contributed by atoms with Gasteiger partial charge in [0.15, 0.2) is 12.3 Å². The summed E-state index contributed by atoms with van der Waals surface area (Å²) >= 11 is 0. The fraction of sp³-hybridized carbons (Fsp3) is 0.750. The fourth-order valence-electron chi connectivity index (χ4n) is 1.48. The van der Waals surface area contributed by atoms with Crippen LogP contribution in [0.15, 0.2) is 0 Å². The van der Waals surface area contributed by atoms with Crippen molar-refractivity contribution in [3.63, 3.8) is 0 Å². The molecule has 0 radical (unpaired) electrons. The first-order valence-corrected chi connectivity index (χ1v) is 4.53. The van der Waals surface area contributed by atoms with E-state index in [9.17, 15) is 35.1 Å². The van der Waals surface area contributed by atoms with Crippen LogP contribution in [0.25, 0.3) is 0 Å². The van der Waals surface area contributed by atoms with Gasteiger partial charge in [-0.05, 0) is 0 Å². The number of carbonyl (C=O) groups is 2. The van der Waals surface area contributed by atoms with E-state index in [0.717, 1.165) is 6.92 Å². The maximum atomic E-state index is 11.4. The van der Waals surface area contributed by atoms with Crippen molar-refractivity contribution in [1.29, 1.82) is 0 Å². The van der Waals surface area contributed by atoms with E-state index < -0.39 is 42.5 Å². The van der Waals surface area contributed by atoms with Gasteiger partial charge in [0.05, 0.1) is 0 Å². The Morgan fingerprint density at radius 3 is 2.00 bits per heavy atom. The number of rotatable bonds is 0. The SMILES string of the molecule is CC(=O)N1C(=O)[C@@H](O)[C@@H](O)[C@H](O)[C@@H](O)C1O. The summed E-state index contributed by atoms with van der Waals surface area (Å²) in [6.07, 6.45) is -9.93. The topological polar surface area (TPSA) is 139 Å². The van der Waals surface area contributed by atoms with Crippen molar-refractivity contribution in [1.82, 2.24) is 4.90 Å². The number of carbonyl (C=O) groups excluding carboxylic acids is 2. The Labute approximate surface area is 90.3 Å². The molecule has 1 aliphatic rings. The van der Waals surface area contributed by atoms with Gasteiger partial charge < -0.3 is 25.5 Å². The van der Waals surface area contributed by atoms with Crippen LogP contribution >= 0.6 is 0 Å². The highest BCUT2D eigenvalue weighted by Crippen LogP contribution is 2.18. The Kier molecular flexibility index (Phi) is 3.61. The third-order valence-electron chi connectivity index (χ3n) is 2.42. The van der Waals surface area contributed by atoms with Gasteiger partial charge in [0, 0.05) is 6.92 Å². The van der Waals surface area contributed by atoms with Gasteiger partial charge in [-0.2, -0.15) is 0 Å². The molecule has 0 saturated carbocycles. The molecule has 2 amide bonds. The molecule has 0 aromatic heterocycles. The summed E-state index contributed by atoms with van der Waals surface area (Å²) in [6, 6.07) is 0. The second-order valence-electron chi connectivity index (χ2n) is 3.56. The molecule has 1 aliphatic heterocycles. The molecule has 1 unspecified atom stereocenters. The van der Waals surface area contributed by atoms with E-state index in [1.165, 1.54) is 0 Å². The highest BCUT2D eigenvalue weighted by atomic mass is 16.4. The highest BCUT2D eigenvalue weighted by molar-refractivity contribution is 5.97. The zero-order valence-corrected chi connectivity index (χ0v) is 8.39. The van der Waals surface area contributed by atoms with Gasteiger partial charge in [-0.1, -0.05) is 0 Å². The first-order valence-electron chi connectivity index (χ1n) is 4.53. The molecule has 5 atom stereocenters. The summed E-state index contributed by atoms with van der Waals surface area (Å²) in [7, 11) is 0. The number of amides is 2. The molecule has 1 heterocycles. The van der Waals surface area contributed by atoms with Crippen LogP contribution in [-0.2, 0) is 9.59 Å². The quantitative estimate of drug-likeness (QED) is 0.289. The first kappa shape index (κ1) is 13.0. The standard InChI is InChI=1S/C8H13NO7/c1-2(10)9-7(15)5(13)3(11)4(12)6(14)8(9)16/h3-7,11-15H,1H3/t3-,4-,5+,6-,7?/m0/s1. The average Bonchev–Trinajstić information content (AvgIpc) is 2.27. The van der Waals surface area contributed by atoms with E-state index >= 15 is 0 Å². The Bertz CT molecular complexity index is 307. The Morgan fingerprint density at radius 2 is 1.56 bits per heavy atom. The second kappa shape index (κ2) is 4.44. The molecule has 92 valence electrons. The Hall–Kier alpha value is -1.06. The van der Waals surface area contributed by atoms with Gasteiger partial charge in [0.1, 0.15) is 18.3 Å². The van der Waals surface area contributed by atoms with Crippen molar-refractivity contribution in [3.8, 4) is 0 Å². The van der Waals surface area contributed by atoms with E-state index in [4.69, 9.17) is 0 Å². The smallest absolute Gasteiger partial charge is 0.263 e. The molecule has 1 rings (SSSR count). The minimum Gasteiger partial charge on any atom is -0.387 e. The summed E-state index contributed by atoms with van der Waals surface area (Å²) in [5.74, 6) is -2.19. The lowest BCUT2D eigenvalue weighted by molar-refractivity contribution is -0.167. The summed E-state index contributed by atoms with van der Waals surface area (Å²) < 4.78 is 0. The molecular formula is C8H13NO7. The lowest BCUT2D eigenvalue weighted by Crippen LogP contribution is -2.51. The Balaban J connectivity index is 3.13. The van der Waals surface area contributed by atoms with Crippen LogP contribution < -0.4 is 0 Å². The number of aliphatic hydroxyl groups is 5. The lowest BCUT2D eigenvalue weighted by atomic mass is 10.0. The zero-order valence-electron chi connectivity index (χ0n) is 8.39. The third kappa shape index (κ3) is 1.93. The van der Waals surface area contributed by atoms with Crippen molar-refractivity contribution in [3.05, 3.63) is 0 Å². The van der Waals surface area contributed by atoms with Gasteiger partial charge >= 0.3 is 0 Å². The highest BCUT2D eigenvalue weighted by Gasteiger charge is 2.47. The molecule has 0 spiro atoms. The molecule has 0 aromatic rings. The lowest BCUT2D eigenvalue weighted by Gasteiger charge is -2.26. The number of nitrogens with zero attached hydrogens (tertiary/aromatic N) is 1. The maximum absolute atomic E-state index is 11.4. The van der Waals surface area contributed by atoms with E-state index in [-0.39, 0.29) is 4.90 Å². The molecule has 0 aliphatic carbocycles. The van der Waals surface area contributed by atoms with Gasteiger partial charge in [-0.15, -0.1) is 0 Å². The minimum atomic E-state index is -2.08. The number of hydrogen-bond acceptors (Lipinski definition) is 7. The van der Waals surface area contributed by atoms with Crippen molar-refractivity contribution < 1.29 is 35.1 Å². The third-order valence-corrected chi connectivity index (χ3v) is 2.42. The number of imide groups is 1. The molecule has 8 heteroatoms. The van der Waals surface area contributed by atoms with E-state index in [0.29, 0.717) is 0 Å². The van der Waals surface area contributed by atoms with E-state index in [1.807, 2.05) is 0 Å². The molecule has 1 fully saturated rings. The molecule has 16 heavy (non-hydrogen) atoms. The number of likely N-dealkylation sites (tertiary alicyclic amines) is 1. The zero-order chi connectivity index (χ0) is 12.6. The van der Waals surface area contributed by atoms with Crippen LogP contribution in [0.4, 0.5) is 0 Å². The van der Waals surface area contributed by atoms with Gasteiger partial charge in [-0.25, -0.2) is 0 Å². The van der Waals surface area contributed by atoms with Gasteiger partial charge in [0.2, 0.25) is 5.91 Å². The number of hydrogen-bond donors (Lipinski definition) is 5. The summed E-state index contributed by atoms with van der Waals surface area (Å²) in [4.78, 5) is 22.6. The van der Waals surface area contributed by atoms with Gasteiger partial charge in [-0.3, -0.25) is 14.5 Å². The predicted molar refractivity (Wildman–Crippen MR) is 47.6 cm³/mol. The molecule has 0 bridgehead atoms. The number of aliphatic hydroxyl groups excluding tert-OH is 5. The molecule has 0 aromatic carbocycles. The summed E-state index contributed by atoms with van der Waals surface area (Å²) in [5.41, 5.74) is 0. The molecule has 1 saturated heterocycles.